The monoisotopic (exact) mass is 1450 g/mol. The van der Waals surface area contributed by atoms with Gasteiger partial charge >= 0.3 is 39.5 Å². The summed E-state index contributed by atoms with van der Waals surface area (Å²) >= 11 is 0. The van der Waals surface area contributed by atoms with Gasteiger partial charge in [0.2, 0.25) is 0 Å². The standard InChI is InChI=1S/C80H156O17P2/c1-7-10-12-14-16-18-20-22-31-35-39-43-50-56-62-77(82)90-68-75(96-79(84)65-59-53-45-41-37-33-29-27-25-24-26-28-30-34-38-42-48-54-60-72(4)5)70-94-98(86,87)92-66-74(81)67-93-99(88,89)95-71-76(69-91-78(83)63-57-51-47-46-49-55-61-73(6)9-3)97-80(85)64-58-52-44-40-36-32-23-21-19-17-15-13-11-8-2/h72-76,81H,7-71H2,1-6H3,(H,86,87)(H,88,89)/t73?,74-,75-,76-/m1/s1. The SMILES string of the molecule is CCCCCCCCCCCCCCCCC(=O)OC[C@H](COP(=O)(O)OC[C@@H](O)COP(=O)(O)OC[C@@H](COC(=O)CCCCCCCCC(C)CC)OC(=O)CCCCCCCCCCCCCCCC)OC(=O)CCCCCCCCCCCCCCCCCCCCC(C)C. The Morgan fingerprint density at radius 2 is 0.515 bits per heavy atom. The summed E-state index contributed by atoms with van der Waals surface area (Å²) in [6.07, 6.45) is 61.0. The van der Waals surface area contributed by atoms with Gasteiger partial charge in [-0.15, -0.1) is 0 Å². The third kappa shape index (κ3) is 72.8. The van der Waals surface area contributed by atoms with Gasteiger partial charge in [-0.2, -0.15) is 0 Å². The van der Waals surface area contributed by atoms with Crippen LogP contribution in [0.3, 0.4) is 0 Å². The molecule has 0 amide bonds. The molecule has 0 aromatic carbocycles. The van der Waals surface area contributed by atoms with Crippen LogP contribution in [0.5, 0.6) is 0 Å². The van der Waals surface area contributed by atoms with Gasteiger partial charge in [-0.3, -0.25) is 37.3 Å². The van der Waals surface area contributed by atoms with Crippen molar-refractivity contribution in [2.24, 2.45) is 11.8 Å². The minimum atomic E-state index is -4.96. The van der Waals surface area contributed by atoms with E-state index in [4.69, 9.17) is 37.0 Å². The highest BCUT2D eigenvalue weighted by Gasteiger charge is 2.30. The van der Waals surface area contributed by atoms with Crippen LogP contribution < -0.4 is 0 Å². The van der Waals surface area contributed by atoms with Gasteiger partial charge in [-0.1, -0.05) is 369 Å². The molecule has 0 fully saturated rings. The Labute approximate surface area is 607 Å². The molecule has 0 rings (SSSR count). The topological polar surface area (TPSA) is 237 Å². The zero-order chi connectivity index (χ0) is 72.8. The van der Waals surface area contributed by atoms with Crippen LogP contribution in [0.15, 0.2) is 0 Å². The van der Waals surface area contributed by atoms with E-state index in [9.17, 15) is 43.2 Å². The van der Waals surface area contributed by atoms with E-state index >= 15 is 0 Å². The van der Waals surface area contributed by atoms with Crippen molar-refractivity contribution in [1.82, 2.24) is 0 Å². The zero-order valence-corrected chi connectivity index (χ0v) is 66.6. The number of hydrogen-bond donors (Lipinski definition) is 3. The van der Waals surface area contributed by atoms with Crippen molar-refractivity contribution in [3.05, 3.63) is 0 Å². The summed E-state index contributed by atoms with van der Waals surface area (Å²) in [6.45, 7) is 9.63. The third-order valence-corrected chi connectivity index (χ3v) is 21.0. The summed E-state index contributed by atoms with van der Waals surface area (Å²) in [4.78, 5) is 73.0. The third-order valence-electron chi connectivity index (χ3n) is 19.1. The molecule has 0 aliphatic rings. The minimum Gasteiger partial charge on any atom is -0.462 e. The van der Waals surface area contributed by atoms with Crippen LogP contribution in [0.4, 0.5) is 0 Å². The Bertz CT molecular complexity index is 1910. The van der Waals surface area contributed by atoms with Crippen LogP contribution in [-0.2, 0) is 65.4 Å². The number of aliphatic hydroxyl groups excluding tert-OH is 1. The molecule has 0 spiro atoms. The lowest BCUT2D eigenvalue weighted by atomic mass is 10.00. The highest BCUT2D eigenvalue weighted by Crippen LogP contribution is 2.45. The molecule has 0 heterocycles. The Morgan fingerprint density at radius 3 is 0.768 bits per heavy atom. The Balaban J connectivity index is 5.22. The first-order valence-corrected chi connectivity index (χ1v) is 44.5. The maximum absolute atomic E-state index is 13.1. The number of rotatable bonds is 79. The molecule has 588 valence electrons. The van der Waals surface area contributed by atoms with Crippen molar-refractivity contribution in [1.29, 1.82) is 0 Å². The zero-order valence-electron chi connectivity index (χ0n) is 64.8. The van der Waals surface area contributed by atoms with E-state index < -0.39 is 97.5 Å². The van der Waals surface area contributed by atoms with Crippen LogP contribution in [0.2, 0.25) is 0 Å². The molecule has 3 N–H and O–H groups in total. The average Bonchev–Trinajstić information content (AvgIpc) is 0.980. The summed E-state index contributed by atoms with van der Waals surface area (Å²) in [5, 5.41) is 10.6. The molecular weight excluding hydrogens is 1290 g/mol. The van der Waals surface area contributed by atoms with Gasteiger partial charge in [0.05, 0.1) is 26.4 Å². The van der Waals surface area contributed by atoms with Gasteiger partial charge in [0.1, 0.15) is 19.3 Å². The number of carbonyl (C=O) groups excluding carboxylic acids is 4. The minimum absolute atomic E-state index is 0.107. The van der Waals surface area contributed by atoms with Crippen molar-refractivity contribution in [3.8, 4) is 0 Å². The van der Waals surface area contributed by atoms with E-state index in [0.717, 1.165) is 108 Å². The van der Waals surface area contributed by atoms with Crippen LogP contribution in [0, 0.1) is 11.8 Å². The van der Waals surface area contributed by atoms with Crippen molar-refractivity contribution in [2.75, 3.05) is 39.6 Å². The Hall–Kier alpha value is -1.94. The average molecular weight is 1450 g/mol. The number of aliphatic hydroxyl groups is 1. The van der Waals surface area contributed by atoms with Gasteiger partial charge in [-0.25, -0.2) is 9.13 Å². The maximum atomic E-state index is 13.1. The number of esters is 4. The molecule has 6 atom stereocenters. The van der Waals surface area contributed by atoms with Gasteiger partial charge in [0.15, 0.2) is 12.2 Å². The molecule has 19 heteroatoms. The van der Waals surface area contributed by atoms with Gasteiger partial charge < -0.3 is 33.8 Å². The first-order valence-electron chi connectivity index (χ1n) is 41.5. The molecule has 0 aromatic rings. The van der Waals surface area contributed by atoms with Gasteiger partial charge in [0, 0.05) is 25.7 Å². The molecule has 0 aromatic heterocycles. The fourth-order valence-electron chi connectivity index (χ4n) is 12.3. The van der Waals surface area contributed by atoms with Crippen LogP contribution >= 0.6 is 15.6 Å². The lowest BCUT2D eigenvalue weighted by Crippen LogP contribution is -2.30. The van der Waals surface area contributed by atoms with Crippen molar-refractivity contribution >= 4 is 39.5 Å². The number of phosphoric acid groups is 2. The van der Waals surface area contributed by atoms with Gasteiger partial charge in [-0.05, 0) is 37.5 Å². The van der Waals surface area contributed by atoms with Gasteiger partial charge in [0.25, 0.3) is 0 Å². The highest BCUT2D eigenvalue weighted by molar-refractivity contribution is 7.47. The van der Waals surface area contributed by atoms with E-state index in [1.54, 1.807) is 0 Å². The van der Waals surface area contributed by atoms with E-state index in [0.29, 0.717) is 25.7 Å². The maximum Gasteiger partial charge on any atom is 0.472 e. The molecule has 17 nitrogen and oxygen atoms in total. The number of hydrogen-bond acceptors (Lipinski definition) is 15. The molecule has 3 unspecified atom stereocenters. The van der Waals surface area contributed by atoms with Crippen LogP contribution in [-0.4, -0.2) is 96.7 Å². The summed E-state index contributed by atoms with van der Waals surface area (Å²) in [7, 11) is -9.92. The molecule has 0 saturated heterocycles. The number of carbonyl (C=O) groups is 4. The number of ether oxygens (including phenoxy) is 4. The fraction of sp³-hybridized carbons (Fsp3) is 0.950. The molecule has 0 bridgehead atoms. The second kappa shape index (κ2) is 71.7. The van der Waals surface area contributed by atoms with Crippen molar-refractivity contribution in [3.63, 3.8) is 0 Å². The molecule has 0 saturated carbocycles. The number of phosphoric ester groups is 2. The normalized spacial score (nSPS) is 14.2. The predicted molar refractivity (Wildman–Crippen MR) is 405 cm³/mol. The first-order chi connectivity index (χ1) is 47.9. The predicted octanol–water partition coefficient (Wildman–Crippen LogP) is 23.9. The van der Waals surface area contributed by atoms with Crippen molar-refractivity contribution < 1.29 is 80.2 Å². The summed E-state index contributed by atoms with van der Waals surface area (Å²) in [5.74, 6) is -0.558. The second-order valence-corrected chi connectivity index (χ2v) is 32.4. The number of unbranched alkanes of at least 4 members (excludes halogenated alkanes) is 48. The van der Waals surface area contributed by atoms with E-state index in [-0.39, 0.29) is 25.7 Å². The van der Waals surface area contributed by atoms with E-state index in [1.807, 2.05) is 0 Å². The second-order valence-electron chi connectivity index (χ2n) is 29.5. The first kappa shape index (κ1) is 97.1. The van der Waals surface area contributed by atoms with Crippen LogP contribution in [0.1, 0.15) is 420 Å². The fourth-order valence-corrected chi connectivity index (χ4v) is 13.9. The smallest absolute Gasteiger partial charge is 0.462 e. The summed E-state index contributed by atoms with van der Waals surface area (Å²) < 4.78 is 68.7. The molecule has 0 radical (unpaired) electrons. The lowest BCUT2D eigenvalue weighted by Gasteiger charge is -2.21. The quantitative estimate of drug-likeness (QED) is 0.0222. The lowest BCUT2D eigenvalue weighted by molar-refractivity contribution is -0.161. The Morgan fingerprint density at radius 1 is 0.293 bits per heavy atom. The van der Waals surface area contributed by atoms with E-state index in [2.05, 4.69) is 41.5 Å². The highest BCUT2D eigenvalue weighted by atomic mass is 31.2. The van der Waals surface area contributed by atoms with Crippen LogP contribution in [0.25, 0.3) is 0 Å². The molecule has 99 heavy (non-hydrogen) atoms. The van der Waals surface area contributed by atoms with Crippen molar-refractivity contribution in [2.45, 2.75) is 439 Å². The largest absolute Gasteiger partial charge is 0.472 e. The summed E-state index contributed by atoms with van der Waals surface area (Å²) in [5.41, 5.74) is 0. The molecular formula is C80H156O17P2. The summed E-state index contributed by atoms with van der Waals surface area (Å²) in [6, 6.07) is 0. The van der Waals surface area contributed by atoms with E-state index in [1.165, 1.54) is 231 Å². The molecule has 0 aliphatic carbocycles. The Kier molecular flexibility index (Phi) is 70.3. The molecule has 0 aliphatic heterocycles.